The molecule has 2 fully saturated rings. The van der Waals surface area contributed by atoms with Crippen LogP contribution in [0.1, 0.15) is 114 Å². The molecule has 0 aromatic rings. The lowest BCUT2D eigenvalue weighted by Crippen LogP contribution is -2.67. The van der Waals surface area contributed by atoms with Gasteiger partial charge in [0.05, 0.1) is 30.8 Å². The first-order valence-corrected chi connectivity index (χ1v) is 23.8. The van der Waals surface area contributed by atoms with Crippen molar-refractivity contribution >= 4 is 35.8 Å². The van der Waals surface area contributed by atoms with E-state index in [0.29, 0.717) is 6.42 Å². The van der Waals surface area contributed by atoms with Crippen LogP contribution < -0.4 is 0 Å². The number of rotatable bonds is 17. The Morgan fingerprint density at radius 2 is 1.42 bits per heavy atom. The first-order chi connectivity index (χ1) is 32.5. The van der Waals surface area contributed by atoms with Gasteiger partial charge in [-0.25, -0.2) is 0 Å². The zero-order valence-electron chi connectivity index (χ0n) is 43.2. The number of hydrogen-bond donors (Lipinski definition) is 0. The molecular weight excluding hydrogens is 907 g/mol. The van der Waals surface area contributed by atoms with Gasteiger partial charge >= 0.3 is 35.8 Å². The maximum atomic E-state index is 13.7. The van der Waals surface area contributed by atoms with E-state index >= 15 is 0 Å². The van der Waals surface area contributed by atoms with Crippen molar-refractivity contribution in [2.45, 2.75) is 206 Å². The van der Waals surface area contributed by atoms with E-state index in [9.17, 15) is 28.8 Å². The molecule has 0 amide bonds. The average molecular weight is 986 g/mol. The minimum Gasteiger partial charge on any atom is -0.462 e. The monoisotopic (exact) mass is 986 g/mol. The van der Waals surface area contributed by atoms with E-state index in [4.69, 9.17) is 61.6 Å². The molecule has 20 heteroatoms. The average Bonchev–Trinajstić information content (AvgIpc) is 3.25. The minimum absolute atomic E-state index is 0.0290. The number of ether oxygens (including phenoxy) is 13. The van der Waals surface area contributed by atoms with Crippen LogP contribution in [0.3, 0.4) is 0 Å². The van der Waals surface area contributed by atoms with Crippen LogP contribution in [0.25, 0.3) is 0 Å². The molecule has 0 spiro atoms. The van der Waals surface area contributed by atoms with Crippen LogP contribution in [-0.2, 0) is 90.3 Å². The van der Waals surface area contributed by atoms with Crippen molar-refractivity contribution in [3.05, 3.63) is 24.3 Å². The van der Waals surface area contributed by atoms with Gasteiger partial charge in [0.2, 0.25) is 0 Å². The molecule has 0 unspecified atom stereocenters. The van der Waals surface area contributed by atoms with Gasteiger partial charge in [-0.2, -0.15) is 0 Å². The third kappa shape index (κ3) is 17.7. The van der Waals surface area contributed by atoms with Crippen molar-refractivity contribution in [3.63, 3.8) is 0 Å². The summed E-state index contributed by atoms with van der Waals surface area (Å²) in [6.45, 7) is 15.8. The summed E-state index contributed by atoms with van der Waals surface area (Å²) < 4.78 is 79.9. The van der Waals surface area contributed by atoms with Crippen molar-refractivity contribution < 1.29 is 90.3 Å². The Labute approximate surface area is 407 Å². The summed E-state index contributed by atoms with van der Waals surface area (Å²) >= 11 is 0. The standard InChI is InChI=1S/C49H79NO19/c1-16-37(54)65-36-25-39(56)60-28(4)21-19-18-20-22-35(63-31(7)51)27(3)23-34(24-40(57-13)58-14)44(45(36)59-15)68-48-46(64-32(8)52)42(50(11)12)43(29(5)62-48)67-41-26-49(10,69-33(9)53)47(30(6)61-41)66-38(55)17-2/h18-20,22,27-30,34-36,40-48H,16-17,21,23-26H2,1-15H3/b19-18+,22-20+/t27-,28-,29-,30+,34-,35+,36-,41+,42+,43-,44+,45+,46-,47+,48+,49-/m1/s1. The fraction of sp³-hybridized carbons (Fsp3) is 0.796. The fourth-order valence-electron chi connectivity index (χ4n) is 9.27. The smallest absolute Gasteiger partial charge is 0.309 e. The van der Waals surface area contributed by atoms with E-state index in [1.165, 1.54) is 42.1 Å². The van der Waals surface area contributed by atoms with Crippen LogP contribution in [0.4, 0.5) is 0 Å². The summed E-state index contributed by atoms with van der Waals surface area (Å²) in [6.07, 6.45) is -5.52. The third-order valence-corrected chi connectivity index (χ3v) is 12.4. The van der Waals surface area contributed by atoms with Crippen molar-refractivity contribution in [1.82, 2.24) is 4.90 Å². The molecule has 0 aromatic heterocycles. The summed E-state index contributed by atoms with van der Waals surface area (Å²) in [5.41, 5.74) is -1.36. The lowest BCUT2D eigenvalue weighted by molar-refractivity contribution is -0.346. The predicted molar refractivity (Wildman–Crippen MR) is 246 cm³/mol. The summed E-state index contributed by atoms with van der Waals surface area (Å²) in [7, 11) is 7.88. The molecule has 3 aliphatic heterocycles. The van der Waals surface area contributed by atoms with Crippen LogP contribution in [0, 0.1) is 11.8 Å². The molecule has 0 aromatic carbocycles. The number of carbonyl (C=O) groups excluding carboxylic acids is 6. The number of cyclic esters (lactones) is 1. The Morgan fingerprint density at radius 3 is 1.99 bits per heavy atom. The first-order valence-electron chi connectivity index (χ1n) is 23.8. The Bertz CT molecular complexity index is 1740. The third-order valence-electron chi connectivity index (χ3n) is 12.4. The summed E-state index contributed by atoms with van der Waals surface area (Å²) in [6, 6.07) is -0.816. The van der Waals surface area contributed by atoms with E-state index in [1.54, 1.807) is 78.8 Å². The fourth-order valence-corrected chi connectivity index (χ4v) is 9.27. The first kappa shape index (κ1) is 59.3. The highest BCUT2D eigenvalue weighted by Crippen LogP contribution is 2.40. The molecule has 394 valence electrons. The Morgan fingerprint density at radius 1 is 0.783 bits per heavy atom. The molecule has 2 saturated heterocycles. The highest BCUT2D eigenvalue weighted by Gasteiger charge is 2.56. The Balaban J connectivity index is 2.26. The van der Waals surface area contributed by atoms with Crippen LogP contribution in [0.2, 0.25) is 0 Å². The Kier molecular flexibility index (Phi) is 24.2. The van der Waals surface area contributed by atoms with E-state index in [1.807, 2.05) is 13.0 Å². The second-order valence-electron chi connectivity index (χ2n) is 18.4. The second-order valence-corrected chi connectivity index (χ2v) is 18.4. The number of esters is 6. The molecule has 0 aliphatic carbocycles. The number of nitrogens with zero attached hydrogens (tertiary/aromatic N) is 1. The van der Waals surface area contributed by atoms with Crippen LogP contribution in [0.15, 0.2) is 24.3 Å². The SMILES string of the molecule is CCC(=O)O[C@@H]1CC(=O)O[C@H](C)C/C=C/C=C/[C@H](OC(C)=O)[C@H](C)C[C@H](CC(OC)OC)[C@H](O[C@@H]2O[C@H](C)[C@@H](O[C@H]3C[C@@](C)(OC(C)=O)[C@@H](OC(=O)CC)[C@H](C)O3)[C@H](N(C)C)[C@H]2OC(C)=O)[C@H]1OC. The van der Waals surface area contributed by atoms with Gasteiger partial charge in [0.1, 0.15) is 30.5 Å². The number of carbonyl (C=O) groups is 6. The van der Waals surface area contributed by atoms with Gasteiger partial charge < -0.3 is 66.5 Å². The topological polar surface area (TPSA) is 226 Å². The highest BCUT2D eigenvalue weighted by molar-refractivity contribution is 5.73. The number of likely N-dealkylation sites (N-methyl/N-ethyl adjacent to an activating group) is 1. The molecule has 3 aliphatic rings. The molecular formula is C49H79NO19. The quantitative estimate of drug-likeness (QED) is 0.107. The highest BCUT2D eigenvalue weighted by atomic mass is 16.7. The molecule has 0 bridgehead atoms. The number of hydrogen-bond acceptors (Lipinski definition) is 20. The van der Waals surface area contributed by atoms with Gasteiger partial charge in [-0.1, -0.05) is 39.0 Å². The zero-order valence-corrected chi connectivity index (χ0v) is 43.2. The van der Waals surface area contributed by atoms with E-state index < -0.39 is 146 Å². The zero-order chi connectivity index (χ0) is 51.7. The van der Waals surface area contributed by atoms with E-state index in [2.05, 4.69) is 0 Å². The maximum Gasteiger partial charge on any atom is 0.309 e. The summed E-state index contributed by atoms with van der Waals surface area (Å²) in [5, 5.41) is 0. The van der Waals surface area contributed by atoms with Gasteiger partial charge in [0.25, 0.3) is 0 Å². The molecule has 0 saturated carbocycles. The van der Waals surface area contributed by atoms with Gasteiger partial charge in [0, 0.05) is 74.2 Å². The van der Waals surface area contributed by atoms with Gasteiger partial charge in [-0.3, -0.25) is 28.8 Å². The lowest BCUT2D eigenvalue weighted by atomic mass is 9.82. The largest absolute Gasteiger partial charge is 0.462 e. The minimum atomic E-state index is -1.38. The summed E-state index contributed by atoms with van der Waals surface area (Å²) in [4.78, 5) is 79.3. The van der Waals surface area contributed by atoms with Crippen molar-refractivity contribution in [2.24, 2.45) is 11.8 Å². The molecule has 16 atom stereocenters. The molecule has 3 rings (SSSR count). The van der Waals surface area contributed by atoms with Crippen LogP contribution in [0.5, 0.6) is 0 Å². The maximum absolute atomic E-state index is 13.7. The molecule has 20 nitrogen and oxygen atoms in total. The van der Waals surface area contributed by atoms with Crippen LogP contribution >= 0.6 is 0 Å². The Hall–Kier alpha value is -4.02. The lowest BCUT2D eigenvalue weighted by Gasteiger charge is -2.51. The molecule has 0 N–H and O–H groups in total. The van der Waals surface area contributed by atoms with E-state index in [-0.39, 0.29) is 32.1 Å². The molecule has 69 heavy (non-hydrogen) atoms. The van der Waals surface area contributed by atoms with Gasteiger partial charge in [0.15, 0.2) is 36.7 Å². The molecule has 0 radical (unpaired) electrons. The number of methoxy groups -OCH3 is 3. The van der Waals surface area contributed by atoms with Gasteiger partial charge in [-0.05, 0) is 66.1 Å². The van der Waals surface area contributed by atoms with E-state index in [0.717, 1.165) is 0 Å². The van der Waals surface area contributed by atoms with Crippen molar-refractivity contribution in [2.75, 3.05) is 35.4 Å². The van der Waals surface area contributed by atoms with Crippen molar-refractivity contribution in [1.29, 1.82) is 0 Å². The predicted octanol–water partition coefficient (Wildman–Crippen LogP) is 4.90. The van der Waals surface area contributed by atoms with Crippen LogP contribution in [-0.4, -0.2) is 168 Å². The summed E-state index contributed by atoms with van der Waals surface area (Å²) in [5.74, 6) is -4.65. The van der Waals surface area contributed by atoms with Gasteiger partial charge in [-0.15, -0.1) is 0 Å². The normalized spacial score (nSPS) is 35.8. The number of allylic oxidation sites excluding steroid dienone is 2. The second kappa shape index (κ2) is 28.1. The van der Waals surface area contributed by atoms with Crippen molar-refractivity contribution in [3.8, 4) is 0 Å². The molecule has 3 heterocycles.